The summed E-state index contributed by atoms with van der Waals surface area (Å²) >= 11 is 0. The normalized spacial score (nSPS) is 21.2. The number of aromatic nitrogens is 3. The van der Waals surface area contributed by atoms with Crippen molar-refractivity contribution in [3.05, 3.63) is 11.6 Å². The molecule has 3 rings (SSSR count). The van der Waals surface area contributed by atoms with E-state index in [0.717, 1.165) is 31.0 Å². The van der Waals surface area contributed by atoms with E-state index in [0.29, 0.717) is 26.1 Å². The number of aryl methyl sites for hydroxylation is 1. The van der Waals surface area contributed by atoms with Crippen molar-refractivity contribution in [2.45, 2.75) is 51.7 Å². The van der Waals surface area contributed by atoms with Crippen LogP contribution in [0, 0.1) is 0 Å². The molecule has 0 radical (unpaired) electrons. The minimum atomic E-state index is -3.35. The average Bonchev–Trinajstić information content (AvgIpc) is 3.17. The number of hydrogen-bond acceptors (Lipinski definition) is 6. The summed E-state index contributed by atoms with van der Waals surface area (Å²) in [7, 11) is -3.35. The van der Waals surface area contributed by atoms with Crippen LogP contribution in [0.2, 0.25) is 0 Å². The number of morpholine rings is 1. The van der Waals surface area contributed by atoms with Gasteiger partial charge in [0.15, 0.2) is 5.82 Å². The molecule has 1 amide bonds. The molecule has 10 heteroatoms. The van der Waals surface area contributed by atoms with Gasteiger partial charge in [-0.2, -0.15) is 4.31 Å². The summed E-state index contributed by atoms with van der Waals surface area (Å²) in [6.07, 6.45) is 2.61. The van der Waals surface area contributed by atoms with Gasteiger partial charge in [-0.05, 0) is 12.8 Å². The molecule has 1 unspecified atom stereocenters. The molecule has 1 aromatic rings. The number of nitrogens with one attached hydrogen (secondary N) is 1. The van der Waals surface area contributed by atoms with Gasteiger partial charge in [0.25, 0.3) is 0 Å². The molecule has 0 saturated carbocycles. The van der Waals surface area contributed by atoms with Crippen LogP contribution in [-0.4, -0.2) is 64.9 Å². The molecule has 1 atom stereocenters. The van der Waals surface area contributed by atoms with Gasteiger partial charge in [-0.15, -0.1) is 10.2 Å². The maximum absolute atomic E-state index is 12.4. The Morgan fingerprint density at radius 3 is 3.00 bits per heavy atom. The molecule has 3 heterocycles. The van der Waals surface area contributed by atoms with E-state index in [1.165, 1.54) is 4.31 Å². The van der Waals surface area contributed by atoms with Crippen molar-refractivity contribution in [3.8, 4) is 0 Å². The van der Waals surface area contributed by atoms with E-state index >= 15 is 0 Å². The van der Waals surface area contributed by atoms with Gasteiger partial charge in [-0.1, -0.05) is 6.92 Å². The Balaban J connectivity index is 1.57. The van der Waals surface area contributed by atoms with Crippen LogP contribution in [0.5, 0.6) is 0 Å². The van der Waals surface area contributed by atoms with Crippen LogP contribution >= 0.6 is 0 Å². The number of sulfonamides is 1. The van der Waals surface area contributed by atoms with Crippen LogP contribution in [0.15, 0.2) is 0 Å². The van der Waals surface area contributed by atoms with Crippen LogP contribution in [0.25, 0.3) is 0 Å². The van der Waals surface area contributed by atoms with E-state index in [1.54, 1.807) is 0 Å². The molecule has 0 aromatic carbocycles. The van der Waals surface area contributed by atoms with Crippen LogP contribution in [0.1, 0.15) is 37.8 Å². The fourth-order valence-corrected chi connectivity index (χ4v) is 5.04. The van der Waals surface area contributed by atoms with Gasteiger partial charge in [-0.25, -0.2) is 8.42 Å². The predicted molar refractivity (Wildman–Crippen MR) is 90.2 cm³/mol. The zero-order chi connectivity index (χ0) is 17.9. The second-order valence-corrected chi connectivity index (χ2v) is 8.47. The summed E-state index contributed by atoms with van der Waals surface area (Å²) in [4.78, 5) is 12.3. The Hall–Kier alpha value is -1.52. The predicted octanol–water partition coefficient (Wildman–Crippen LogP) is -0.329. The van der Waals surface area contributed by atoms with Crippen molar-refractivity contribution in [2.75, 3.05) is 25.5 Å². The second kappa shape index (κ2) is 7.79. The molecule has 25 heavy (non-hydrogen) atoms. The first-order chi connectivity index (χ1) is 12.0. The smallest absolute Gasteiger partial charge is 0.222 e. The molecule has 140 valence electrons. The topological polar surface area (TPSA) is 106 Å². The van der Waals surface area contributed by atoms with Gasteiger partial charge in [0.2, 0.25) is 15.9 Å². The molecule has 9 nitrogen and oxygen atoms in total. The Kier molecular flexibility index (Phi) is 5.70. The molecule has 1 N–H and O–H groups in total. The molecular formula is C15H25N5O4S. The Bertz CT molecular complexity index is 718. The zero-order valence-corrected chi connectivity index (χ0v) is 15.3. The first kappa shape index (κ1) is 18.3. The summed E-state index contributed by atoms with van der Waals surface area (Å²) < 4.78 is 33.6. The lowest BCUT2D eigenvalue weighted by atomic mass is 10.2. The highest BCUT2D eigenvalue weighted by atomic mass is 32.2. The van der Waals surface area contributed by atoms with Gasteiger partial charge in [0, 0.05) is 25.9 Å². The van der Waals surface area contributed by atoms with Crippen molar-refractivity contribution < 1.29 is 17.9 Å². The summed E-state index contributed by atoms with van der Waals surface area (Å²) in [5, 5.41) is 11.0. The molecule has 0 bridgehead atoms. The van der Waals surface area contributed by atoms with E-state index in [1.807, 2.05) is 11.5 Å². The van der Waals surface area contributed by atoms with Gasteiger partial charge in [0.05, 0.1) is 31.6 Å². The number of amides is 1. The zero-order valence-electron chi connectivity index (χ0n) is 14.5. The van der Waals surface area contributed by atoms with E-state index in [9.17, 15) is 13.2 Å². The van der Waals surface area contributed by atoms with Gasteiger partial charge in [-0.3, -0.25) is 4.79 Å². The third kappa shape index (κ3) is 4.18. The number of fused-ring (bicyclic) bond motifs is 1. The third-order valence-electron chi connectivity index (χ3n) is 4.54. The highest BCUT2D eigenvalue weighted by Gasteiger charge is 2.33. The Morgan fingerprint density at radius 1 is 1.36 bits per heavy atom. The van der Waals surface area contributed by atoms with Crippen molar-refractivity contribution in [2.24, 2.45) is 0 Å². The largest absolute Gasteiger partial charge is 0.378 e. The summed E-state index contributed by atoms with van der Waals surface area (Å²) in [5.74, 6) is 1.59. The number of carbonyl (C=O) groups excluding carboxylic acids is 1. The third-order valence-corrected chi connectivity index (χ3v) is 6.66. The number of ether oxygens (including phenoxy) is 1. The summed E-state index contributed by atoms with van der Waals surface area (Å²) in [5.41, 5.74) is 0. The van der Waals surface area contributed by atoms with Crippen molar-refractivity contribution in [1.82, 2.24) is 24.4 Å². The molecule has 1 aromatic heterocycles. The maximum Gasteiger partial charge on any atom is 0.222 e. The van der Waals surface area contributed by atoms with Crippen LogP contribution in [-0.2, 0) is 39.1 Å². The molecule has 1 saturated heterocycles. The minimum Gasteiger partial charge on any atom is -0.378 e. The first-order valence-electron chi connectivity index (χ1n) is 8.76. The highest BCUT2D eigenvalue weighted by Crippen LogP contribution is 2.17. The average molecular weight is 371 g/mol. The molecular weight excluding hydrogens is 346 g/mol. The minimum absolute atomic E-state index is 0.0872. The van der Waals surface area contributed by atoms with Gasteiger partial charge < -0.3 is 14.6 Å². The molecule has 0 aliphatic carbocycles. The van der Waals surface area contributed by atoms with Crippen molar-refractivity contribution in [3.63, 3.8) is 0 Å². The Morgan fingerprint density at radius 2 is 2.20 bits per heavy atom. The standard InChI is InChI=1S/C15H25N5O4S/c1-2-8-25(22,23)20-6-7-24-11-12(20)9-15(21)16-10-14-18-17-13-4-3-5-19(13)14/h12H,2-11H2,1H3,(H,16,21). The number of rotatable bonds is 7. The number of carbonyl (C=O) groups is 1. The van der Waals surface area contributed by atoms with Crippen LogP contribution in [0.4, 0.5) is 0 Å². The maximum atomic E-state index is 12.4. The van der Waals surface area contributed by atoms with Crippen LogP contribution < -0.4 is 5.32 Å². The van der Waals surface area contributed by atoms with E-state index in [-0.39, 0.29) is 24.7 Å². The van der Waals surface area contributed by atoms with E-state index < -0.39 is 16.1 Å². The fourth-order valence-electron chi connectivity index (χ4n) is 3.35. The quantitative estimate of drug-likeness (QED) is 0.703. The molecule has 2 aliphatic heterocycles. The lowest BCUT2D eigenvalue weighted by Gasteiger charge is -2.34. The van der Waals surface area contributed by atoms with Crippen molar-refractivity contribution >= 4 is 15.9 Å². The lowest BCUT2D eigenvalue weighted by molar-refractivity contribution is -0.123. The van der Waals surface area contributed by atoms with Gasteiger partial charge in [0.1, 0.15) is 5.82 Å². The lowest BCUT2D eigenvalue weighted by Crippen LogP contribution is -2.51. The number of hydrogen-bond donors (Lipinski definition) is 1. The monoisotopic (exact) mass is 371 g/mol. The van der Waals surface area contributed by atoms with Crippen LogP contribution in [0.3, 0.4) is 0 Å². The first-order valence-corrected chi connectivity index (χ1v) is 10.4. The summed E-state index contributed by atoms with van der Waals surface area (Å²) in [6.45, 7) is 3.94. The number of nitrogens with zero attached hydrogens (tertiary/aromatic N) is 4. The molecule has 1 fully saturated rings. The molecule has 2 aliphatic rings. The fraction of sp³-hybridized carbons (Fsp3) is 0.800. The van der Waals surface area contributed by atoms with E-state index in [4.69, 9.17) is 4.74 Å². The Labute approximate surface area is 147 Å². The van der Waals surface area contributed by atoms with Gasteiger partial charge >= 0.3 is 0 Å². The molecule has 0 spiro atoms. The van der Waals surface area contributed by atoms with E-state index in [2.05, 4.69) is 15.5 Å². The second-order valence-electron chi connectivity index (χ2n) is 6.42. The van der Waals surface area contributed by atoms with Crippen molar-refractivity contribution in [1.29, 1.82) is 0 Å². The SMILES string of the molecule is CCCS(=O)(=O)N1CCOCC1CC(=O)NCc1nnc2n1CCC2. The highest BCUT2D eigenvalue weighted by molar-refractivity contribution is 7.89. The summed E-state index contributed by atoms with van der Waals surface area (Å²) in [6, 6.07) is -0.450.